The number of ether oxygens (including phenoxy) is 1. The van der Waals surface area contributed by atoms with Crippen molar-refractivity contribution in [2.24, 2.45) is 0 Å². The molecule has 0 spiro atoms. The second-order valence-corrected chi connectivity index (χ2v) is 4.34. The van der Waals surface area contributed by atoms with Crippen LogP contribution in [0.2, 0.25) is 0 Å². The predicted octanol–water partition coefficient (Wildman–Crippen LogP) is 2.68. The second-order valence-electron chi connectivity index (χ2n) is 4.34. The van der Waals surface area contributed by atoms with Crippen LogP contribution >= 0.6 is 0 Å². The van der Waals surface area contributed by atoms with Crippen molar-refractivity contribution in [2.75, 3.05) is 6.61 Å². The predicted molar refractivity (Wildman–Crippen MR) is 73.9 cm³/mol. The molecule has 2 aromatic carbocycles. The number of para-hydroxylation sites is 1. The van der Waals surface area contributed by atoms with Crippen LogP contribution < -0.4 is 4.74 Å². The van der Waals surface area contributed by atoms with E-state index >= 15 is 0 Å². The Balaban J connectivity index is 2.07. The number of benzene rings is 2. The fourth-order valence-corrected chi connectivity index (χ4v) is 1.90. The average molecular weight is 258 g/mol. The van der Waals surface area contributed by atoms with E-state index in [1.54, 1.807) is 0 Å². The number of aliphatic hydroxyl groups excluding tert-OH is 2. The Bertz CT molecular complexity index is 496. The normalized spacial score (nSPS) is 12.1. The summed E-state index contributed by atoms with van der Waals surface area (Å²) in [4.78, 5) is 0. The topological polar surface area (TPSA) is 49.7 Å². The molecule has 0 aromatic heterocycles. The molecule has 0 bridgehead atoms. The highest BCUT2D eigenvalue weighted by Gasteiger charge is 2.12. The first kappa shape index (κ1) is 13.6. The molecule has 3 nitrogen and oxygen atoms in total. The first-order valence-electron chi connectivity index (χ1n) is 6.36. The van der Waals surface area contributed by atoms with Gasteiger partial charge in [0, 0.05) is 18.6 Å². The molecule has 2 N–H and O–H groups in total. The van der Waals surface area contributed by atoms with Crippen LogP contribution in [0.5, 0.6) is 5.75 Å². The third-order valence-corrected chi connectivity index (χ3v) is 2.92. The molecular weight excluding hydrogens is 240 g/mol. The maximum absolute atomic E-state index is 9.96. The summed E-state index contributed by atoms with van der Waals surface area (Å²) in [7, 11) is 0. The summed E-state index contributed by atoms with van der Waals surface area (Å²) >= 11 is 0. The molecular formula is C16H18O3. The molecule has 0 aliphatic heterocycles. The summed E-state index contributed by atoms with van der Waals surface area (Å²) in [6, 6.07) is 17.2. The summed E-state index contributed by atoms with van der Waals surface area (Å²) in [6.07, 6.45) is -0.386. The minimum Gasteiger partial charge on any atom is -0.489 e. The number of rotatable bonds is 6. The van der Waals surface area contributed by atoms with Crippen LogP contribution in [0, 0.1) is 0 Å². The van der Waals surface area contributed by atoms with Gasteiger partial charge >= 0.3 is 0 Å². The number of hydrogen-bond acceptors (Lipinski definition) is 3. The highest BCUT2D eigenvalue weighted by Crippen LogP contribution is 2.27. The standard InChI is InChI=1S/C16H18O3/c17-11-10-15(18)14-8-4-5-9-16(14)19-12-13-6-2-1-3-7-13/h1-9,15,17-18H,10-12H2. The first-order chi connectivity index (χ1) is 9.31. The largest absolute Gasteiger partial charge is 0.489 e. The van der Waals surface area contributed by atoms with Crippen LogP contribution in [0.1, 0.15) is 23.7 Å². The van der Waals surface area contributed by atoms with Gasteiger partial charge in [0.15, 0.2) is 0 Å². The van der Waals surface area contributed by atoms with Gasteiger partial charge in [0.25, 0.3) is 0 Å². The lowest BCUT2D eigenvalue weighted by Gasteiger charge is -2.15. The lowest BCUT2D eigenvalue weighted by atomic mass is 10.1. The Labute approximate surface area is 113 Å². The molecule has 0 heterocycles. The molecule has 1 unspecified atom stereocenters. The Morgan fingerprint density at radius 1 is 0.947 bits per heavy atom. The Hall–Kier alpha value is -1.84. The van der Waals surface area contributed by atoms with Crippen molar-refractivity contribution in [3.8, 4) is 5.75 Å². The molecule has 3 heteroatoms. The molecule has 0 aliphatic carbocycles. The van der Waals surface area contributed by atoms with Crippen LogP contribution in [0.15, 0.2) is 54.6 Å². The first-order valence-corrected chi connectivity index (χ1v) is 6.36. The Kier molecular flexibility index (Phi) is 4.95. The molecule has 0 radical (unpaired) electrons. The van der Waals surface area contributed by atoms with E-state index < -0.39 is 6.10 Å². The van der Waals surface area contributed by atoms with Crippen LogP contribution in [0.3, 0.4) is 0 Å². The minimum atomic E-state index is -0.697. The fourth-order valence-electron chi connectivity index (χ4n) is 1.90. The van der Waals surface area contributed by atoms with E-state index in [1.165, 1.54) is 0 Å². The maximum Gasteiger partial charge on any atom is 0.125 e. The van der Waals surface area contributed by atoms with Gasteiger partial charge in [0.2, 0.25) is 0 Å². The quantitative estimate of drug-likeness (QED) is 0.837. The SMILES string of the molecule is OCCC(O)c1ccccc1OCc1ccccc1. The average Bonchev–Trinajstić information content (AvgIpc) is 2.47. The van der Waals surface area contributed by atoms with Crippen molar-refractivity contribution in [3.63, 3.8) is 0 Å². The molecule has 1 atom stereocenters. The van der Waals surface area contributed by atoms with Crippen molar-refractivity contribution in [2.45, 2.75) is 19.1 Å². The van der Waals surface area contributed by atoms with Crippen molar-refractivity contribution in [1.29, 1.82) is 0 Å². The van der Waals surface area contributed by atoms with Crippen LogP contribution in [0.4, 0.5) is 0 Å². The van der Waals surface area contributed by atoms with Gasteiger partial charge in [-0.05, 0) is 11.6 Å². The molecule has 0 amide bonds. The third kappa shape index (κ3) is 3.81. The summed E-state index contributed by atoms with van der Waals surface area (Å²) in [5.41, 5.74) is 1.79. The van der Waals surface area contributed by atoms with Gasteiger partial charge in [-0.3, -0.25) is 0 Å². The van der Waals surface area contributed by atoms with Crippen molar-refractivity contribution in [3.05, 3.63) is 65.7 Å². The van der Waals surface area contributed by atoms with E-state index in [0.717, 1.165) is 5.56 Å². The van der Waals surface area contributed by atoms with E-state index in [0.29, 0.717) is 24.3 Å². The Morgan fingerprint density at radius 3 is 2.37 bits per heavy atom. The summed E-state index contributed by atoms with van der Waals surface area (Å²) in [5, 5.41) is 18.9. The van der Waals surface area contributed by atoms with Crippen molar-refractivity contribution in [1.82, 2.24) is 0 Å². The molecule has 100 valence electrons. The van der Waals surface area contributed by atoms with E-state index in [9.17, 15) is 5.11 Å². The van der Waals surface area contributed by atoms with Gasteiger partial charge in [-0.15, -0.1) is 0 Å². The summed E-state index contributed by atoms with van der Waals surface area (Å²) < 4.78 is 5.75. The second kappa shape index (κ2) is 6.92. The van der Waals surface area contributed by atoms with E-state index in [1.807, 2.05) is 54.6 Å². The number of aliphatic hydroxyl groups is 2. The van der Waals surface area contributed by atoms with Gasteiger partial charge in [-0.2, -0.15) is 0 Å². The smallest absolute Gasteiger partial charge is 0.125 e. The van der Waals surface area contributed by atoms with E-state index in [-0.39, 0.29) is 6.61 Å². The molecule has 19 heavy (non-hydrogen) atoms. The fraction of sp³-hybridized carbons (Fsp3) is 0.250. The summed E-state index contributed by atoms with van der Waals surface area (Å²) in [6.45, 7) is 0.415. The van der Waals surface area contributed by atoms with Gasteiger partial charge in [-0.25, -0.2) is 0 Å². The zero-order valence-electron chi connectivity index (χ0n) is 10.7. The van der Waals surface area contributed by atoms with Crippen LogP contribution in [-0.4, -0.2) is 16.8 Å². The molecule has 0 fully saturated rings. The van der Waals surface area contributed by atoms with Crippen molar-refractivity contribution >= 4 is 0 Å². The van der Waals surface area contributed by atoms with Gasteiger partial charge in [0.1, 0.15) is 12.4 Å². The molecule has 2 aromatic rings. The lowest BCUT2D eigenvalue weighted by Crippen LogP contribution is -2.04. The van der Waals surface area contributed by atoms with Gasteiger partial charge < -0.3 is 14.9 Å². The molecule has 0 aliphatic rings. The minimum absolute atomic E-state index is 0.0474. The zero-order valence-corrected chi connectivity index (χ0v) is 10.7. The third-order valence-electron chi connectivity index (χ3n) is 2.92. The van der Waals surface area contributed by atoms with Crippen LogP contribution in [0.25, 0.3) is 0 Å². The highest BCUT2D eigenvalue weighted by atomic mass is 16.5. The lowest BCUT2D eigenvalue weighted by molar-refractivity contribution is 0.130. The molecule has 2 rings (SSSR count). The Morgan fingerprint density at radius 2 is 1.63 bits per heavy atom. The van der Waals surface area contributed by atoms with E-state index in [4.69, 9.17) is 9.84 Å². The highest BCUT2D eigenvalue weighted by molar-refractivity contribution is 5.35. The van der Waals surface area contributed by atoms with Gasteiger partial charge in [0.05, 0.1) is 6.10 Å². The van der Waals surface area contributed by atoms with E-state index in [2.05, 4.69) is 0 Å². The monoisotopic (exact) mass is 258 g/mol. The molecule has 0 saturated heterocycles. The number of hydrogen-bond donors (Lipinski definition) is 2. The zero-order chi connectivity index (χ0) is 13.5. The van der Waals surface area contributed by atoms with Crippen LogP contribution in [-0.2, 0) is 6.61 Å². The maximum atomic E-state index is 9.96. The summed E-state index contributed by atoms with van der Waals surface area (Å²) in [5.74, 6) is 0.660. The van der Waals surface area contributed by atoms with Gasteiger partial charge in [-0.1, -0.05) is 48.5 Å². The van der Waals surface area contributed by atoms with Crippen molar-refractivity contribution < 1.29 is 14.9 Å². The molecule has 0 saturated carbocycles.